The zero-order chi connectivity index (χ0) is 3.54. The van der Waals surface area contributed by atoms with Crippen LogP contribution in [-0.2, 0) is 0 Å². The maximum absolute atomic E-state index is 3.96. The van der Waals surface area contributed by atoms with Gasteiger partial charge in [0.25, 0.3) is 0 Å². The first kappa shape index (κ1) is 3.84. The Morgan fingerprint density at radius 3 is 2.80 bits per heavy atom. The minimum atomic E-state index is 1.05. The fraction of sp³-hybridized carbons (Fsp3) is 1.00. The number of nitrogens with zero attached hydrogens (tertiary/aromatic N) is 1. The van der Waals surface area contributed by atoms with E-state index in [2.05, 4.69) is 4.72 Å². The Hall–Kier alpha value is 0.660. The minimum Gasteiger partial charge on any atom is -0.164 e. The zero-order valence-electron chi connectivity index (χ0n) is 2.68. The Morgan fingerprint density at radius 2 is 2.60 bits per heavy atom. The van der Waals surface area contributed by atoms with Crippen molar-refractivity contribution in [2.75, 3.05) is 12.3 Å². The predicted molar refractivity (Wildman–Crippen MR) is 27.0 cm³/mol. The summed E-state index contributed by atoms with van der Waals surface area (Å²) in [5.74, 6) is 1.21. The monoisotopic (exact) mass is 106 g/mol. The van der Waals surface area contributed by atoms with Crippen molar-refractivity contribution in [3.8, 4) is 0 Å². The van der Waals surface area contributed by atoms with Gasteiger partial charge in [-0.25, -0.2) is 0 Å². The highest BCUT2D eigenvalue weighted by Crippen LogP contribution is 2.23. The lowest BCUT2D eigenvalue weighted by Gasteiger charge is -1.68. The third-order valence-corrected chi connectivity index (χ3v) is 2.25. The summed E-state index contributed by atoms with van der Waals surface area (Å²) in [6.07, 6.45) is 0. The molecule has 5 heavy (non-hydrogen) atoms. The Bertz CT molecular complexity index is 19.2. The van der Waals surface area contributed by atoms with E-state index in [1.807, 2.05) is 10.8 Å². The molecule has 1 heterocycles. The van der Waals surface area contributed by atoms with Gasteiger partial charge in [0.05, 0.1) is 0 Å². The van der Waals surface area contributed by atoms with E-state index in [0.717, 1.165) is 6.54 Å². The quantitative estimate of drug-likeness (QED) is 0.336. The van der Waals surface area contributed by atoms with Gasteiger partial charge in [-0.05, 0) is 0 Å². The molecule has 0 unspecified atom stereocenters. The van der Waals surface area contributed by atoms with Crippen molar-refractivity contribution >= 4 is 21.8 Å². The van der Waals surface area contributed by atoms with Crippen LogP contribution in [0.1, 0.15) is 0 Å². The van der Waals surface area contributed by atoms with Crippen LogP contribution in [0, 0.1) is 0 Å². The predicted octanol–water partition coefficient (Wildman–Crippen LogP) is 0.901. The molecule has 1 radical (unpaired) electrons. The summed E-state index contributed by atoms with van der Waals surface area (Å²) in [7, 11) is 3.44. The smallest absolute Gasteiger partial charge is 0.0365 e. The van der Waals surface area contributed by atoms with Crippen LogP contribution in [0.2, 0.25) is 0 Å². The van der Waals surface area contributed by atoms with Crippen LogP contribution >= 0.6 is 21.8 Å². The molecule has 1 nitrogen and oxygen atoms in total. The highest BCUT2D eigenvalue weighted by atomic mass is 33.1. The van der Waals surface area contributed by atoms with Crippen LogP contribution in [0.4, 0.5) is 0 Å². The molecule has 3 heteroatoms. The maximum Gasteiger partial charge on any atom is 0.0365 e. The third-order valence-electron chi connectivity index (χ3n) is 0.371. The van der Waals surface area contributed by atoms with Gasteiger partial charge in [0.2, 0.25) is 0 Å². The topological polar surface area (TPSA) is 14.1 Å². The minimum absolute atomic E-state index is 1.05. The molecule has 1 fully saturated rings. The maximum atomic E-state index is 3.96. The van der Waals surface area contributed by atoms with Gasteiger partial charge < -0.3 is 0 Å². The van der Waals surface area contributed by atoms with Gasteiger partial charge in [-0.1, -0.05) is 10.8 Å². The number of hydrogen-bond donors (Lipinski definition) is 0. The number of hydrogen-bond acceptors (Lipinski definition) is 2. The molecule has 1 rings (SSSR count). The molecule has 0 aliphatic carbocycles. The second-order valence-electron chi connectivity index (χ2n) is 0.749. The zero-order valence-corrected chi connectivity index (χ0v) is 4.31. The summed E-state index contributed by atoms with van der Waals surface area (Å²) in [5.41, 5.74) is 0. The first-order chi connectivity index (χ1) is 2.50. The molecule has 0 atom stereocenters. The Balaban J connectivity index is 2.08. The fourth-order valence-electron chi connectivity index (χ4n) is 0.186. The van der Waals surface area contributed by atoms with E-state index in [4.69, 9.17) is 0 Å². The van der Waals surface area contributed by atoms with Crippen LogP contribution in [0.15, 0.2) is 0 Å². The second kappa shape index (κ2) is 1.95. The Kier molecular flexibility index (Phi) is 1.50. The van der Waals surface area contributed by atoms with Crippen LogP contribution in [-0.4, -0.2) is 12.3 Å². The molecular weight excluding hydrogens is 102 g/mol. The summed E-state index contributed by atoms with van der Waals surface area (Å²) in [6.45, 7) is 1.05. The molecule has 1 aliphatic heterocycles. The van der Waals surface area contributed by atoms with E-state index in [-0.39, 0.29) is 0 Å². The van der Waals surface area contributed by atoms with Gasteiger partial charge in [0, 0.05) is 23.3 Å². The van der Waals surface area contributed by atoms with Crippen LogP contribution in [0.3, 0.4) is 0 Å². The van der Waals surface area contributed by atoms with Gasteiger partial charge in [-0.3, -0.25) is 0 Å². The van der Waals surface area contributed by atoms with Crippen LogP contribution in [0.5, 0.6) is 0 Å². The number of rotatable bonds is 0. The van der Waals surface area contributed by atoms with Crippen molar-refractivity contribution < 1.29 is 0 Å². The van der Waals surface area contributed by atoms with E-state index in [1.54, 1.807) is 11.0 Å². The van der Waals surface area contributed by atoms with Gasteiger partial charge in [0.15, 0.2) is 0 Å². The molecule has 0 bridgehead atoms. The van der Waals surface area contributed by atoms with E-state index in [9.17, 15) is 0 Å². The van der Waals surface area contributed by atoms with Crippen molar-refractivity contribution in [1.82, 2.24) is 4.72 Å². The molecular formula is C2H4NS2. The lowest BCUT2D eigenvalue weighted by molar-refractivity contribution is 1.05. The van der Waals surface area contributed by atoms with Crippen molar-refractivity contribution in [2.24, 2.45) is 0 Å². The highest BCUT2D eigenvalue weighted by Gasteiger charge is 1.97. The summed E-state index contributed by atoms with van der Waals surface area (Å²) in [4.78, 5) is 0. The average molecular weight is 106 g/mol. The third kappa shape index (κ3) is 1.03. The molecule has 0 aromatic carbocycles. The first-order valence-corrected chi connectivity index (χ1v) is 3.73. The molecule has 1 aliphatic rings. The molecule has 0 N–H and O–H groups in total. The van der Waals surface area contributed by atoms with E-state index in [0.29, 0.717) is 0 Å². The second-order valence-corrected chi connectivity index (χ2v) is 2.95. The lowest BCUT2D eigenvalue weighted by atomic mass is 10.8. The van der Waals surface area contributed by atoms with Gasteiger partial charge >= 0.3 is 0 Å². The van der Waals surface area contributed by atoms with Crippen molar-refractivity contribution in [2.45, 2.75) is 0 Å². The Morgan fingerprint density at radius 1 is 1.60 bits per heavy atom. The summed E-state index contributed by atoms with van der Waals surface area (Å²) < 4.78 is 3.96. The Labute approximate surface area is 39.4 Å². The van der Waals surface area contributed by atoms with E-state index < -0.39 is 0 Å². The SMILES string of the molecule is C1CSS[N]1. The first-order valence-electron chi connectivity index (χ1n) is 1.45. The summed E-state index contributed by atoms with van der Waals surface area (Å²) in [6, 6.07) is 0. The lowest BCUT2D eigenvalue weighted by Crippen LogP contribution is -1.86. The molecule has 0 aromatic rings. The van der Waals surface area contributed by atoms with Crippen molar-refractivity contribution in [1.29, 1.82) is 0 Å². The molecule has 0 amide bonds. The highest BCUT2D eigenvalue weighted by molar-refractivity contribution is 8.76. The van der Waals surface area contributed by atoms with Gasteiger partial charge in [-0.2, -0.15) is 4.72 Å². The summed E-state index contributed by atoms with van der Waals surface area (Å²) >= 11 is 0. The van der Waals surface area contributed by atoms with E-state index in [1.165, 1.54) is 5.75 Å². The molecule has 0 aromatic heterocycles. The van der Waals surface area contributed by atoms with Crippen molar-refractivity contribution in [3.05, 3.63) is 0 Å². The molecule has 0 spiro atoms. The molecule has 1 saturated heterocycles. The average Bonchev–Trinajstić information content (AvgIpc) is 1.76. The van der Waals surface area contributed by atoms with Crippen molar-refractivity contribution in [3.63, 3.8) is 0 Å². The van der Waals surface area contributed by atoms with Crippen LogP contribution in [0.25, 0.3) is 0 Å². The molecule has 0 saturated carbocycles. The normalized spacial score (nSPS) is 24.0. The van der Waals surface area contributed by atoms with Gasteiger partial charge in [0.1, 0.15) is 0 Å². The van der Waals surface area contributed by atoms with Crippen LogP contribution < -0.4 is 4.72 Å². The molecule has 29 valence electrons. The van der Waals surface area contributed by atoms with E-state index >= 15 is 0 Å². The summed E-state index contributed by atoms with van der Waals surface area (Å²) in [5, 5.41) is 0. The largest absolute Gasteiger partial charge is 0.164 e. The standard InChI is InChI=1S/C2H4NS2/c1-2-4-5-3-1/h1-2H2. The fourth-order valence-corrected chi connectivity index (χ4v) is 1.68. The van der Waals surface area contributed by atoms with Gasteiger partial charge in [-0.15, -0.1) is 0 Å².